The van der Waals surface area contributed by atoms with Crippen LogP contribution in [0.3, 0.4) is 0 Å². The van der Waals surface area contributed by atoms with E-state index >= 15 is 0 Å². The van der Waals surface area contributed by atoms with Gasteiger partial charge in [0, 0.05) is 5.56 Å². The maximum Gasteiger partial charge on any atom is 0.172 e. The van der Waals surface area contributed by atoms with E-state index in [0.29, 0.717) is 17.1 Å². The second kappa shape index (κ2) is 5.16. The quantitative estimate of drug-likeness (QED) is 0.740. The second-order valence-corrected chi connectivity index (χ2v) is 3.32. The fourth-order valence-electron chi connectivity index (χ4n) is 1.39. The topological polar surface area (TPSA) is 61.6 Å². The minimum Gasteiger partial charge on any atom is -0.493 e. The molecule has 0 amide bonds. The number of rotatable bonds is 5. The molecule has 0 spiro atoms. The molecule has 88 valence electrons. The molecule has 2 aromatic rings. The molecule has 0 bridgehead atoms. The standard InChI is InChI=1S/C12H11NO4/c1-15-11-4-2-3-10(6-14)12(11)16-7-9-5-13-17-8-9/h2-6,8H,7H2,1H3. The molecule has 0 aliphatic heterocycles. The summed E-state index contributed by atoms with van der Waals surface area (Å²) >= 11 is 0. The van der Waals surface area contributed by atoms with Gasteiger partial charge in [0.2, 0.25) is 0 Å². The predicted octanol–water partition coefficient (Wildman–Crippen LogP) is 2.07. The summed E-state index contributed by atoms with van der Waals surface area (Å²) in [7, 11) is 1.52. The summed E-state index contributed by atoms with van der Waals surface area (Å²) in [5.41, 5.74) is 1.23. The molecule has 0 fully saturated rings. The molecule has 5 nitrogen and oxygen atoms in total. The van der Waals surface area contributed by atoms with Crippen LogP contribution >= 0.6 is 0 Å². The van der Waals surface area contributed by atoms with Crippen molar-refractivity contribution in [2.45, 2.75) is 6.61 Å². The smallest absolute Gasteiger partial charge is 0.172 e. The molecule has 1 aromatic heterocycles. The first-order valence-corrected chi connectivity index (χ1v) is 4.98. The number of para-hydroxylation sites is 1. The van der Waals surface area contributed by atoms with Gasteiger partial charge < -0.3 is 14.0 Å². The van der Waals surface area contributed by atoms with Crippen LogP contribution in [0.1, 0.15) is 15.9 Å². The Labute approximate surface area is 97.9 Å². The van der Waals surface area contributed by atoms with Crippen molar-refractivity contribution in [2.75, 3.05) is 7.11 Å². The lowest BCUT2D eigenvalue weighted by Gasteiger charge is -2.11. The Morgan fingerprint density at radius 3 is 3.00 bits per heavy atom. The van der Waals surface area contributed by atoms with E-state index in [4.69, 9.17) is 9.47 Å². The first-order valence-electron chi connectivity index (χ1n) is 4.98. The van der Waals surface area contributed by atoms with Crippen molar-refractivity contribution in [2.24, 2.45) is 0 Å². The zero-order valence-corrected chi connectivity index (χ0v) is 9.25. The number of methoxy groups -OCH3 is 1. The van der Waals surface area contributed by atoms with Crippen LogP contribution in [0.2, 0.25) is 0 Å². The Morgan fingerprint density at radius 1 is 1.47 bits per heavy atom. The van der Waals surface area contributed by atoms with Gasteiger partial charge in [-0.1, -0.05) is 11.2 Å². The van der Waals surface area contributed by atoms with Gasteiger partial charge in [-0.15, -0.1) is 0 Å². The van der Waals surface area contributed by atoms with Crippen molar-refractivity contribution in [3.63, 3.8) is 0 Å². The summed E-state index contributed by atoms with van der Waals surface area (Å²) in [6.07, 6.45) is 3.76. The van der Waals surface area contributed by atoms with Gasteiger partial charge in [-0.25, -0.2) is 0 Å². The van der Waals surface area contributed by atoms with Crippen molar-refractivity contribution < 1.29 is 18.8 Å². The maximum absolute atomic E-state index is 10.9. The highest BCUT2D eigenvalue weighted by Crippen LogP contribution is 2.30. The van der Waals surface area contributed by atoms with Gasteiger partial charge in [0.1, 0.15) is 12.9 Å². The Kier molecular flexibility index (Phi) is 3.40. The first-order chi connectivity index (χ1) is 8.35. The van der Waals surface area contributed by atoms with Crippen LogP contribution in [0, 0.1) is 0 Å². The highest BCUT2D eigenvalue weighted by Gasteiger charge is 2.10. The van der Waals surface area contributed by atoms with Crippen molar-refractivity contribution in [3.8, 4) is 11.5 Å². The van der Waals surface area contributed by atoms with Crippen LogP contribution in [0.25, 0.3) is 0 Å². The number of aldehydes is 1. The fourth-order valence-corrected chi connectivity index (χ4v) is 1.39. The number of benzene rings is 1. The van der Waals surface area contributed by atoms with Gasteiger partial charge >= 0.3 is 0 Å². The van der Waals surface area contributed by atoms with E-state index in [1.54, 1.807) is 24.4 Å². The molecule has 0 N–H and O–H groups in total. The van der Waals surface area contributed by atoms with Crippen LogP contribution in [-0.2, 0) is 6.61 Å². The number of aromatic nitrogens is 1. The molecule has 0 aliphatic rings. The monoisotopic (exact) mass is 233 g/mol. The SMILES string of the molecule is COc1cccc(C=O)c1OCc1cnoc1. The minimum atomic E-state index is 0.269. The third-order valence-electron chi connectivity index (χ3n) is 2.22. The van der Waals surface area contributed by atoms with Gasteiger partial charge in [0.05, 0.1) is 18.9 Å². The maximum atomic E-state index is 10.9. The molecule has 0 aliphatic carbocycles. The summed E-state index contributed by atoms with van der Waals surface area (Å²) in [4.78, 5) is 10.9. The molecule has 0 radical (unpaired) electrons. The molecule has 5 heteroatoms. The average Bonchev–Trinajstić information content (AvgIpc) is 2.88. The molecule has 2 rings (SSSR count). The van der Waals surface area contributed by atoms with E-state index in [1.165, 1.54) is 13.4 Å². The lowest BCUT2D eigenvalue weighted by molar-refractivity contribution is 0.111. The zero-order chi connectivity index (χ0) is 12.1. The third kappa shape index (κ3) is 2.44. The molecule has 1 heterocycles. The summed E-state index contributed by atoms with van der Waals surface area (Å²) in [6.45, 7) is 0.269. The summed E-state index contributed by atoms with van der Waals surface area (Å²) in [5, 5.41) is 3.56. The molecule has 17 heavy (non-hydrogen) atoms. The van der Waals surface area contributed by atoms with Crippen LogP contribution < -0.4 is 9.47 Å². The normalized spacial score (nSPS) is 9.94. The summed E-state index contributed by atoms with van der Waals surface area (Å²) in [6, 6.07) is 5.13. The van der Waals surface area contributed by atoms with Crippen molar-refractivity contribution in [1.82, 2.24) is 5.16 Å². The molecule has 0 unspecified atom stereocenters. The van der Waals surface area contributed by atoms with Crippen LogP contribution in [0.15, 0.2) is 35.2 Å². The zero-order valence-electron chi connectivity index (χ0n) is 9.25. The van der Waals surface area contributed by atoms with Crippen LogP contribution in [-0.4, -0.2) is 18.6 Å². The Hall–Kier alpha value is -2.30. The second-order valence-electron chi connectivity index (χ2n) is 3.32. The number of hydrogen-bond acceptors (Lipinski definition) is 5. The van der Waals surface area contributed by atoms with E-state index in [0.717, 1.165) is 11.8 Å². The van der Waals surface area contributed by atoms with E-state index in [9.17, 15) is 4.79 Å². The van der Waals surface area contributed by atoms with Gasteiger partial charge in [0.25, 0.3) is 0 Å². The van der Waals surface area contributed by atoms with Gasteiger partial charge in [0.15, 0.2) is 17.8 Å². The lowest BCUT2D eigenvalue weighted by atomic mass is 10.2. The van der Waals surface area contributed by atoms with E-state index < -0.39 is 0 Å². The molecular weight excluding hydrogens is 222 g/mol. The van der Waals surface area contributed by atoms with Gasteiger partial charge in [-0.05, 0) is 12.1 Å². The summed E-state index contributed by atoms with van der Waals surface area (Å²) < 4.78 is 15.4. The first kappa shape index (κ1) is 11.2. The number of carbonyl (C=O) groups excluding carboxylic acids is 1. The van der Waals surface area contributed by atoms with Crippen LogP contribution in [0.4, 0.5) is 0 Å². The molecule has 0 saturated carbocycles. The number of nitrogens with zero attached hydrogens (tertiary/aromatic N) is 1. The van der Waals surface area contributed by atoms with E-state index in [1.807, 2.05) is 0 Å². The highest BCUT2D eigenvalue weighted by molar-refractivity contribution is 5.81. The Balaban J connectivity index is 2.21. The third-order valence-corrected chi connectivity index (χ3v) is 2.22. The Morgan fingerprint density at radius 2 is 2.35 bits per heavy atom. The number of carbonyl (C=O) groups is 1. The van der Waals surface area contributed by atoms with Crippen molar-refractivity contribution in [1.29, 1.82) is 0 Å². The van der Waals surface area contributed by atoms with Crippen LogP contribution in [0.5, 0.6) is 11.5 Å². The molecule has 0 saturated heterocycles. The Bertz CT molecular complexity index is 493. The summed E-state index contributed by atoms with van der Waals surface area (Å²) in [5.74, 6) is 0.942. The predicted molar refractivity (Wildman–Crippen MR) is 59.2 cm³/mol. The molecule has 1 aromatic carbocycles. The number of hydrogen-bond donors (Lipinski definition) is 0. The molecule has 0 atom stereocenters. The largest absolute Gasteiger partial charge is 0.493 e. The molecular formula is C12H11NO4. The van der Waals surface area contributed by atoms with Crippen molar-refractivity contribution >= 4 is 6.29 Å². The lowest BCUT2D eigenvalue weighted by Crippen LogP contribution is -1.99. The van der Waals surface area contributed by atoms with E-state index in [2.05, 4.69) is 9.68 Å². The average molecular weight is 233 g/mol. The minimum absolute atomic E-state index is 0.269. The van der Waals surface area contributed by atoms with Gasteiger partial charge in [-0.3, -0.25) is 4.79 Å². The highest BCUT2D eigenvalue weighted by atomic mass is 16.5. The van der Waals surface area contributed by atoms with Gasteiger partial charge in [-0.2, -0.15) is 0 Å². The number of ether oxygens (including phenoxy) is 2. The van der Waals surface area contributed by atoms with Crippen molar-refractivity contribution in [3.05, 3.63) is 41.8 Å². The van der Waals surface area contributed by atoms with E-state index in [-0.39, 0.29) is 6.61 Å². The fraction of sp³-hybridized carbons (Fsp3) is 0.167.